The van der Waals surface area contributed by atoms with Gasteiger partial charge in [0, 0.05) is 5.69 Å². The largest absolute Gasteiger partial charge is 0.394 e. The lowest BCUT2D eigenvalue weighted by atomic mass is 9.69. The van der Waals surface area contributed by atoms with E-state index in [0.29, 0.717) is 11.8 Å². The van der Waals surface area contributed by atoms with Gasteiger partial charge in [0.05, 0.1) is 12.6 Å². The van der Waals surface area contributed by atoms with Gasteiger partial charge in [-0.05, 0) is 61.5 Å². The van der Waals surface area contributed by atoms with Gasteiger partial charge in [0.15, 0.2) is 0 Å². The van der Waals surface area contributed by atoms with Gasteiger partial charge in [-0.2, -0.15) is 0 Å². The molecule has 0 spiro atoms. The van der Waals surface area contributed by atoms with Crippen LogP contribution in [0, 0.1) is 24.7 Å². The Labute approximate surface area is 108 Å². The van der Waals surface area contributed by atoms with E-state index >= 15 is 0 Å². The molecule has 2 aliphatic carbocycles. The Balaban J connectivity index is 1.83. The number of aliphatic hydroxyl groups is 1. The van der Waals surface area contributed by atoms with Crippen LogP contribution in [0.4, 0.5) is 5.69 Å². The molecule has 0 saturated heterocycles. The van der Waals surface area contributed by atoms with Gasteiger partial charge in [0.1, 0.15) is 0 Å². The Morgan fingerprint density at radius 1 is 1.28 bits per heavy atom. The zero-order chi connectivity index (χ0) is 12.3. The van der Waals surface area contributed by atoms with Crippen molar-refractivity contribution in [3.8, 4) is 0 Å². The molecular formula is C16H21NO. The van der Waals surface area contributed by atoms with Gasteiger partial charge in [-0.3, -0.25) is 0 Å². The first-order valence-electron chi connectivity index (χ1n) is 7.26. The number of hydrogen-bond donors (Lipinski definition) is 2. The van der Waals surface area contributed by atoms with Gasteiger partial charge >= 0.3 is 0 Å². The Morgan fingerprint density at radius 2 is 2.11 bits per heavy atom. The smallest absolute Gasteiger partial charge is 0.0635 e. The highest BCUT2D eigenvalue weighted by Crippen LogP contribution is 2.60. The van der Waals surface area contributed by atoms with Crippen molar-refractivity contribution >= 4 is 5.69 Å². The first-order chi connectivity index (χ1) is 8.78. The maximum Gasteiger partial charge on any atom is 0.0635 e. The van der Waals surface area contributed by atoms with Crippen LogP contribution in [0.25, 0.3) is 0 Å². The molecule has 4 rings (SSSR count). The van der Waals surface area contributed by atoms with Crippen LogP contribution in [-0.2, 0) is 0 Å². The zero-order valence-corrected chi connectivity index (χ0v) is 10.9. The molecule has 0 aromatic heterocycles. The van der Waals surface area contributed by atoms with Crippen LogP contribution in [0.2, 0.25) is 0 Å². The van der Waals surface area contributed by atoms with Crippen LogP contribution in [-0.4, -0.2) is 17.8 Å². The molecule has 3 aliphatic rings. The minimum Gasteiger partial charge on any atom is -0.394 e. The van der Waals surface area contributed by atoms with E-state index in [-0.39, 0.29) is 12.6 Å². The fourth-order valence-corrected chi connectivity index (χ4v) is 4.93. The molecule has 1 aromatic carbocycles. The van der Waals surface area contributed by atoms with Crippen LogP contribution >= 0.6 is 0 Å². The van der Waals surface area contributed by atoms with Crippen LogP contribution in [0.1, 0.15) is 36.3 Å². The summed E-state index contributed by atoms with van der Waals surface area (Å²) >= 11 is 0. The molecule has 2 N–H and O–H groups in total. The summed E-state index contributed by atoms with van der Waals surface area (Å²) in [6.45, 7) is 2.46. The molecule has 5 atom stereocenters. The molecule has 2 nitrogen and oxygen atoms in total. The van der Waals surface area contributed by atoms with Crippen molar-refractivity contribution in [1.82, 2.24) is 0 Å². The van der Waals surface area contributed by atoms with Gasteiger partial charge in [-0.15, -0.1) is 0 Å². The lowest BCUT2D eigenvalue weighted by Crippen LogP contribution is -2.43. The molecule has 2 saturated carbocycles. The standard InChI is InChI=1S/C16H21NO/c1-9-2-5-13-12(6-9)15-10-3-4-11(7-10)16(15)14(8-18)17-13/h2,5-6,10-11,14-18H,3-4,7-8H2,1H3/t10-,11+,14+,15-,16+/m1/s1. The zero-order valence-electron chi connectivity index (χ0n) is 10.9. The molecule has 0 amide bonds. The Hall–Kier alpha value is -1.02. The van der Waals surface area contributed by atoms with E-state index in [1.165, 1.54) is 36.1 Å². The number of hydrogen-bond acceptors (Lipinski definition) is 2. The van der Waals surface area contributed by atoms with Crippen molar-refractivity contribution in [3.63, 3.8) is 0 Å². The summed E-state index contributed by atoms with van der Waals surface area (Å²) in [5.41, 5.74) is 4.16. The Kier molecular flexibility index (Phi) is 2.25. The molecule has 2 fully saturated rings. The third-order valence-corrected chi connectivity index (χ3v) is 5.55. The van der Waals surface area contributed by atoms with Gasteiger partial charge in [-0.25, -0.2) is 0 Å². The van der Waals surface area contributed by atoms with Crippen molar-refractivity contribution < 1.29 is 5.11 Å². The minimum absolute atomic E-state index is 0.275. The highest BCUT2D eigenvalue weighted by molar-refractivity contribution is 5.58. The van der Waals surface area contributed by atoms with E-state index in [1.807, 2.05) is 0 Å². The van der Waals surface area contributed by atoms with Crippen molar-refractivity contribution in [2.24, 2.45) is 17.8 Å². The first-order valence-corrected chi connectivity index (χ1v) is 7.26. The molecule has 96 valence electrons. The number of rotatable bonds is 1. The third kappa shape index (κ3) is 1.33. The summed E-state index contributed by atoms with van der Waals surface area (Å²) in [4.78, 5) is 0. The predicted molar refractivity (Wildman–Crippen MR) is 72.7 cm³/mol. The molecule has 2 bridgehead atoms. The van der Waals surface area contributed by atoms with E-state index in [4.69, 9.17) is 0 Å². The molecule has 0 radical (unpaired) electrons. The van der Waals surface area contributed by atoms with Crippen LogP contribution in [0.5, 0.6) is 0 Å². The lowest BCUT2D eigenvalue weighted by Gasteiger charge is -2.42. The number of nitrogens with one attached hydrogen (secondary N) is 1. The molecule has 2 heteroatoms. The number of anilines is 1. The minimum atomic E-state index is 0.275. The summed E-state index contributed by atoms with van der Waals surface area (Å²) in [6, 6.07) is 7.03. The summed E-state index contributed by atoms with van der Waals surface area (Å²) in [5, 5.41) is 13.3. The van der Waals surface area contributed by atoms with Gasteiger partial charge < -0.3 is 10.4 Å². The second-order valence-electron chi connectivity index (χ2n) is 6.46. The molecule has 0 unspecified atom stereocenters. The number of fused-ring (bicyclic) bond motifs is 7. The van der Waals surface area contributed by atoms with Crippen molar-refractivity contribution in [3.05, 3.63) is 29.3 Å². The number of aliphatic hydroxyl groups excluding tert-OH is 1. The van der Waals surface area contributed by atoms with E-state index in [1.54, 1.807) is 0 Å². The lowest BCUT2D eigenvalue weighted by molar-refractivity contribution is 0.175. The molecule has 1 aromatic rings. The van der Waals surface area contributed by atoms with Crippen molar-refractivity contribution in [1.29, 1.82) is 0 Å². The van der Waals surface area contributed by atoms with Crippen LogP contribution in [0.3, 0.4) is 0 Å². The van der Waals surface area contributed by atoms with Crippen LogP contribution in [0.15, 0.2) is 18.2 Å². The molecule has 18 heavy (non-hydrogen) atoms. The SMILES string of the molecule is Cc1ccc2c(c1)[C@H]1[C@@H]3CC[C@@H](C3)[C@H]1[C@H](CO)N2. The summed E-state index contributed by atoms with van der Waals surface area (Å²) in [6.07, 6.45) is 4.17. The fourth-order valence-electron chi connectivity index (χ4n) is 4.93. The average Bonchev–Trinajstić information content (AvgIpc) is 2.99. The first kappa shape index (κ1) is 10.9. The third-order valence-electron chi connectivity index (χ3n) is 5.55. The quantitative estimate of drug-likeness (QED) is 0.795. The van der Waals surface area contributed by atoms with E-state index in [0.717, 1.165) is 11.8 Å². The number of benzene rings is 1. The van der Waals surface area contributed by atoms with Gasteiger partial charge in [-0.1, -0.05) is 17.7 Å². The van der Waals surface area contributed by atoms with Gasteiger partial charge in [0.2, 0.25) is 0 Å². The molecule has 1 heterocycles. The van der Waals surface area contributed by atoms with E-state index in [9.17, 15) is 5.11 Å². The summed E-state index contributed by atoms with van der Waals surface area (Å²) in [5.74, 6) is 3.09. The normalized spacial score (nSPS) is 40.2. The Bertz CT molecular complexity index is 484. The molecular weight excluding hydrogens is 222 g/mol. The summed E-state index contributed by atoms with van der Waals surface area (Å²) < 4.78 is 0. The second-order valence-corrected chi connectivity index (χ2v) is 6.46. The molecule has 1 aliphatic heterocycles. The topological polar surface area (TPSA) is 32.3 Å². The maximum absolute atomic E-state index is 9.68. The van der Waals surface area contributed by atoms with Crippen molar-refractivity contribution in [2.75, 3.05) is 11.9 Å². The number of aryl methyl sites for hydroxylation is 1. The van der Waals surface area contributed by atoms with E-state index in [2.05, 4.69) is 30.4 Å². The fraction of sp³-hybridized carbons (Fsp3) is 0.625. The van der Waals surface area contributed by atoms with E-state index < -0.39 is 0 Å². The Morgan fingerprint density at radius 3 is 2.94 bits per heavy atom. The maximum atomic E-state index is 9.68. The van der Waals surface area contributed by atoms with Crippen LogP contribution < -0.4 is 5.32 Å². The summed E-state index contributed by atoms with van der Waals surface area (Å²) in [7, 11) is 0. The predicted octanol–water partition coefficient (Wildman–Crippen LogP) is 2.91. The average molecular weight is 243 g/mol. The highest BCUT2D eigenvalue weighted by Gasteiger charge is 2.53. The van der Waals surface area contributed by atoms with Gasteiger partial charge in [0.25, 0.3) is 0 Å². The van der Waals surface area contributed by atoms with Crippen molar-refractivity contribution in [2.45, 2.75) is 38.1 Å². The highest BCUT2D eigenvalue weighted by atomic mass is 16.3. The monoisotopic (exact) mass is 243 g/mol. The second kappa shape index (κ2) is 3.74.